The molecule has 0 aliphatic carbocycles. The van der Waals surface area contributed by atoms with Crippen LogP contribution < -0.4 is 10.1 Å². The van der Waals surface area contributed by atoms with Gasteiger partial charge in [-0.15, -0.1) is 0 Å². The number of fused-ring (bicyclic) bond motifs is 1. The minimum Gasteiger partial charge on any atom is -0.488 e. The van der Waals surface area contributed by atoms with E-state index < -0.39 is 22.2 Å². The molecule has 2 N–H and O–H groups in total. The number of sulfonamides is 1. The molecule has 2 aliphatic rings. The van der Waals surface area contributed by atoms with Crippen LogP contribution in [-0.2, 0) is 19.6 Å². The van der Waals surface area contributed by atoms with Gasteiger partial charge in [0.1, 0.15) is 11.9 Å². The van der Waals surface area contributed by atoms with Gasteiger partial charge in [0.15, 0.2) is 0 Å². The first-order valence-corrected chi connectivity index (χ1v) is 15.4. The number of carbonyl (C=O) groups is 2. The second-order valence-corrected chi connectivity index (χ2v) is 12.7. The lowest BCUT2D eigenvalue weighted by atomic mass is 9.99. The second kappa shape index (κ2) is 13.8. The monoisotopic (exact) mass is 588 g/mol. The Morgan fingerprint density at radius 3 is 2.56 bits per heavy atom. The maximum atomic E-state index is 13.7. The number of anilines is 1. The zero-order valence-corrected chi connectivity index (χ0v) is 24.7. The first-order valence-electron chi connectivity index (χ1n) is 13.9. The van der Waals surface area contributed by atoms with Gasteiger partial charge in [-0.25, -0.2) is 8.42 Å². The summed E-state index contributed by atoms with van der Waals surface area (Å²) in [6.45, 7) is 7.22. The fourth-order valence-electron chi connectivity index (χ4n) is 4.95. The molecule has 2 aromatic rings. The lowest BCUT2D eigenvalue weighted by molar-refractivity contribution is -0.116. The number of rotatable bonds is 10. The van der Waals surface area contributed by atoms with Gasteiger partial charge in [-0.05, 0) is 37.3 Å². The van der Waals surface area contributed by atoms with Crippen molar-refractivity contribution in [3.63, 3.8) is 0 Å². The number of ether oxygens (including phenoxy) is 2. The van der Waals surface area contributed by atoms with Crippen LogP contribution in [0.2, 0.25) is 0 Å². The van der Waals surface area contributed by atoms with Crippen LogP contribution in [0.5, 0.6) is 5.75 Å². The summed E-state index contributed by atoms with van der Waals surface area (Å²) in [5.74, 6) is -0.468. The molecule has 0 unspecified atom stereocenters. The van der Waals surface area contributed by atoms with Gasteiger partial charge < -0.3 is 24.8 Å². The maximum absolute atomic E-state index is 13.7. The van der Waals surface area contributed by atoms with Crippen LogP contribution in [0.25, 0.3) is 0 Å². The first-order chi connectivity index (χ1) is 19.6. The van der Waals surface area contributed by atoms with E-state index in [-0.39, 0.29) is 47.9 Å². The van der Waals surface area contributed by atoms with Gasteiger partial charge in [0, 0.05) is 51.3 Å². The van der Waals surface area contributed by atoms with Crippen LogP contribution in [0.15, 0.2) is 53.4 Å². The fourth-order valence-corrected chi connectivity index (χ4v) is 6.15. The van der Waals surface area contributed by atoms with E-state index in [1.165, 1.54) is 11.4 Å². The minimum absolute atomic E-state index is 0.0490. The molecule has 1 fully saturated rings. The first kappa shape index (κ1) is 30.9. The molecule has 0 spiro atoms. The van der Waals surface area contributed by atoms with E-state index in [0.29, 0.717) is 37.6 Å². The van der Waals surface area contributed by atoms with E-state index in [9.17, 15) is 23.1 Å². The van der Waals surface area contributed by atoms with E-state index in [0.717, 1.165) is 13.1 Å². The number of nitrogens with one attached hydrogen (secondary N) is 1. The Labute approximate surface area is 242 Å². The molecule has 224 valence electrons. The molecule has 2 heterocycles. The number of aliphatic hydroxyl groups is 1. The average molecular weight is 589 g/mol. The molecule has 2 amide bonds. The summed E-state index contributed by atoms with van der Waals surface area (Å²) in [5, 5.41) is 12.8. The van der Waals surface area contributed by atoms with Crippen molar-refractivity contribution in [2.75, 3.05) is 64.9 Å². The number of benzene rings is 2. The lowest BCUT2D eigenvalue weighted by Gasteiger charge is -2.38. The van der Waals surface area contributed by atoms with Gasteiger partial charge in [0.2, 0.25) is 15.9 Å². The highest BCUT2D eigenvalue weighted by atomic mass is 32.2. The van der Waals surface area contributed by atoms with E-state index in [4.69, 9.17) is 9.47 Å². The molecule has 2 aliphatic heterocycles. The molecule has 12 heteroatoms. The summed E-state index contributed by atoms with van der Waals surface area (Å²) in [4.78, 5) is 30.3. The average Bonchev–Trinajstić information content (AvgIpc) is 2.98. The molecule has 1 saturated heterocycles. The van der Waals surface area contributed by atoms with Gasteiger partial charge >= 0.3 is 0 Å². The highest BCUT2D eigenvalue weighted by Gasteiger charge is 2.35. The molecule has 0 radical (unpaired) electrons. The van der Waals surface area contributed by atoms with Crippen LogP contribution in [0.3, 0.4) is 0 Å². The van der Waals surface area contributed by atoms with Crippen molar-refractivity contribution in [1.82, 2.24) is 14.1 Å². The van der Waals surface area contributed by atoms with Crippen molar-refractivity contribution in [1.29, 1.82) is 0 Å². The Bertz CT molecular complexity index is 1300. The van der Waals surface area contributed by atoms with Crippen molar-refractivity contribution in [3.8, 4) is 5.75 Å². The van der Waals surface area contributed by atoms with E-state index in [1.54, 1.807) is 60.4 Å². The van der Waals surface area contributed by atoms with Gasteiger partial charge in [0.25, 0.3) is 5.91 Å². The van der Waals surface area contributed by atoms with Crippen LogP contribution in [0.4, 0.5) is 5.69 Å². The van der Waals surface area contributed by atoms with Gasteiger partial charge in [-0.1, -0.05) is 25.1 Å². The predicted molar refractivity (Wildman–Crippen MR) is 154 cm³/mol. The molecule has 11 nitrogen and oxygen atoms in total. The Morgan fingerprint density at radius 2 is 1.88 bits per heavy atom. The van der Waals surface area contributed by atoms with Crippen LogP contribution in [-0.4, -0.2) is 111 Å². The standard InChI is InChI=1S/C29H40N4O7S/c1-21-18-33(22(2)20-34)29(36)25-17-23(30-28(35)11-12-32-13-15-39-16-14-32)9-10-26(25)40-27(21)19-31(3)41(37,38)24-7-5-4-6-8-24/h4-10,17,21-22,27,34H,11-16,18-20H2,1-3H3,(H,30,35)/t21-,22+,27-/m1/s1. The normalized spacial score (nSPS) is 21.0. The number of amides is 2. The minimum atomic E-state index is -3.76. The van der Waals surface area contributed by atoms with Crippen molar-refractivity contribution < 1.29 is 32.6 Å². The molecule has 0 bridgehead atoms. The van der Waals surface area contributed by atoms with E-state index >= 15 is 0 Å². The number of nitrogens with zero attached hydrogens (tertiary/aromatic N) is 3. The number of likely N-dealkylation sites (N-methyl/N-ethyl adjacent to an activating group) is 1. The van der Waals surface area contributed by atoms with Crippen molar-refractivity contribution in [3.05, 3.63) is 54.1 Å². The highest BCUT2D eigenvalue weighted by Crippen LogP contribution is 2.31. The van der Waals surface area contributed by atoms with Crippen LogP contribution in [0.1, 0.15) is 30.6 Å². The zero-order valence-electron chi connectivity index (χ0n) is 23.9. The van der Waals surface area contributed by atoms with Gasteiger partial charge in [-0.2, -0.15) is 4.31 Å². The van der Waals surface area contributed by atoms with Gasteiger partial charge in [0.05, 0.1) is 42.9 Å². The Morgan fingerprint density at radius 1 is 1.17 bits per heavy atom. The summed E-state index contributed by atoms with van der Waals surface area (Å²) >= 11 is 0. The predicted octanol–water partition coefficient (Wildman–Crippen LogP) is 1.89. The molecule has 0 aromatic heterocycles. The van der Waals surface area contributed by atoms with Crippen molar-refractivity contribution >= 4 is 27.5 Å². The number of hydrogen-bond donors (Lipinski definition) is 2. The largest absolute Gasteiger partial charge is 0.488 e. The smallest absolute Gasteiger partial charge is 0.258 e. The van der Waals surface area contributed by atoms with E-state index in [1.807, 2.05) is 6.92 Å². The molecule has 3 atom stereocenters. The summed E-state index contributed by atoms with van der Waals surface area (Å²) < 4.78 is 39.3. The number of morpholine rings is 1. The van der Waals surface area contributed by atoms with E-state index in [2.05, 4.69) is 10.2 Å². The maximum Gasteiger partial charge on any atom is 0.258 e. The quantitative estimate of drug-likeness (QED) is 0.431. The summed E-state index contributed by atoms with van der Waals surface area (Å²) in [6, 6.07) is 12.6. The van der Waals surface area contributed by atoms with Crippen molar-refractivity contribution in [2.24, 2.45) is 5.92 Å². The molecule has 0 saturated carbocycles. The second-order valence-electron chi connectivity index (χ2n) is 10.7. The summed E-state index contributed by atoms with van der Waals surface area (Å²) in [6.07, 6.45) is -0.288. The topological polar surface area (TPSA) is 129 Å². The fraction of sp³-hybridized carbons (Fsp3) is 0.517. The lowest BCUT2D eigenvalue weighted by Crippen LogP contribution is -2.50. The van der Waals surface area contributed by atoms with Gasteiger partial charge in [-0.3, -0.25) is 14.5 Å². The summed E-state index contributed by atoms with van der Waals surface area (Å²) in [5.41, 5.74) is 0.694. The molecule has 41 heavy (non-hydrogen) atoms. The number of carbonyl (C=O) groups excluding carboxylic acids is 2. The third kappa shape index (κ3) is 7.63. The molecular formula is C29H40N4O7S. The Hall–Kier alpha value is -3.03. The third-order valence-electron chi connectivity index (χ3n) is 7.60. The third-order valence-corrected chi connectivity index (χ3v) is 9.43. The van der Waals surface area contributed by atoms with Crippen molar-refractivity contribution in [2.45, 2.75) is 37.3 Å². The molecule has 2 aromatic carbocycles. The molecule has 4 rings (SSSR count). The Balaban J connectivity index is 1.55. The van der Waals surface area contributed by atoms with Crippen LogP contribution in [0, 0.1) is 5.92 Å². The SMILES string of the molecule is C[C@@H]1CN([C@@H](C)CO)C(=O)c2cc(NC(=O)CCN3CCOCC3)ccc2O[C@@H]1CN(C)S(=O)(=O)c1ccccc1. The highest BCUT2D eigenvalue weighted by molar-refractivity contribution is 7.89. The number of hydrogen-bond acceptors (Lipinski definition) is 8. The van der Waals surface area contributed by atoms with Crippen LogP contribution >= 0.6 is 0 Å². The summed E-state index contributed by atoms with van der Waals surface area (Å²) in [7, 11) is -2.26. The number of aliphatic hydroxyl groups excluding tert-OH is 1. The molecular weight excluding hydrogens is 548 g/mol. The Kier molecular flexibility index (Phi) is 10.4. The zero-order chi connectivity index (χ0) is 29.6.